The highest BCUT2D eigenvalue weighted by atomic mass is 16.2. The van der Waals surface area contributed by atoms with Crippen molar-refractivity contribution >= 4 is 28.5 Å². The van der Waals surface area contributed by atoms with Crippen LogP contribution in [-0.2, 0) is 20.8 Å². The van der Waals surface area contributed by atoms with Crippen LogP contribution in [0.4, 0.5) is 0 Å². The van der Waals surface area contributed by atoms with Crippen molar-refractivity contribution in [3.05, 3.63) is 48.0 Å². The molecule has 0 saturated heterocycles. The van der Waals surface area contributed by atoms with E-state index in [1.807, 2.05) is 42.5 Å². The van der Waals surface area contributed by atoms with Crippen molar-refractivity contribution in [3.63, 3.8) is 0 Å². The van der Waals surface area contributed by atoms with Crippen molar-refractivity contribution in [2.75, 3.05) is 19.6 Å². The van der Waals surface area contributed by atoms with Crippen LogP contribution in [0.1, 0.15) is 31.2 Å². The van der Waals surface area contributed by atoms with Gasteiger partial charge in [0.05, 0.1) is 13.0 Å². The Morgan fingerprint density at radius 1 is 0.821 bits per heavy atom. The van der Waals surface area contributed by atoms with Gasteiger partial charge in [0.25, 0.3) is 0 Å². The van der Waals surface area contributed by atoms with Gasteiger partial charge in [-0.1, -0.05) is 55.3 Å². The molecule has 6 heteroatoms. The van der Waals surface area contributed by atoms with Crippen molar-refractivity contribution in [3.8, 4) is 0 Å². The normalized spacial score (nSPS) is 14.0. The van der Waals surface area contributed by atoms with Crippen LogP contribution < -0.4 is 16.0 Å². The summed E-state index contributed by atoms with van der Waals surface area (Å²) in [6, 6.07) is 13.8. The molecule has 0 aromatic heterocycles. The fourth-order valence-corrected chi connectivity index (χ4v) is 3.64. The number of carbonyl (C=O) groups excluding carboxylic acids is 3. The summed E-state index contributed by atoms with van der Waals surface area (Å²) >= 11 is 0. The lowest BCUT2D eigenvalue weighted by Gasteiger charge is -2.11. The van der Waals surface area contributed by atoms with E-state index in [0.29, 0.717) is 13.1 Å². The lowest BCUT2D eigenvalue weighted by Crippen LogP contribution is -2.41. The maximum atomic E-state index is 12.2. The van der Waals surface area contributed by atoms with Crippen LogP contribution in [0, 0.1) is 5.92 Å². The van der Waals surface area contributed by atoms with Crippen molar-refractivity contribution < 1.29 is 14.4 Å². The molecule has 0 unspecified atom stereocenters. The minimum atomic E-state index is -0.263. The van der Waals surface area contributed by atoms with E-state index in [9.17, 15) is 14.4 Å². The highest BCUT2D eigenvalue weighted by Crippen LogP contribution is 2.24. The highest BCUT2D eigenvalue weighted by molar-refractivity contribution is 5.91. The molecule has 2 aromatic carbocycles. The highest BCUT2D eigenvalue weighted by Gasteiger charge is 2.21. The summed E-state index contributed by atoms with van der Waals surface area (Å²) in [6.07, 6.45) is 4.38. The minimum absolute atomic E-state index is 0.0693. The van der Waals surface area contributed by atoms with Gasteiger partial charge in [0.15, 0.2) is 0 Å². The topological polar surface area (TPSA) is 87.3 Å². The smallest absolute Gasteiger partial charge is 0.239 e. The average molecular weight is 381 g/mol. The Balaban J connectivity index is 1.35. The molecular weight excluding hydrogens is 354 g/mol. The molecule has 1 aliphatic rings. The molecule has 3 N–H and O–H groups in total. The number of carbonyl (C=O) groups is 3. The van der Waals surface area contributed by atoms with Crippen LogP contribution in [0.5, 0.6) is 0 Å². The van der Waals surface area contributed by atoms with Gasteiger partial charge in [-0.05, 0) is 29.2 Å². The number of rotatable bonds is 8. The Morgan fingerprint density at radius 2 is 1.54 bits per heavy atom. The molecule has 3 rings (SSSR count). The molecule has 2 aromatic rings. The van der Waals surface area contributed by atoms with E-state index in [1.54, 1.807) is 0 Å². The largest absolute Gasteiger partial charge is 0.354 e. The van der Waals surface area contributed by atoms with Crippen LogP contribution >= 0.6 is 0 Å². The molecule has 1 saturated carbocycles. The second kappa shape index (κ2) is 9.88. The molecule has 148 valence electrons. The maximum Gasteiger partial charge on any atom is 0.239 e. The fraction of sp³-hybridized carbons (Fsp3) is 0.409. The van der Waals surface area contributed by atoms with E-state index >= 15 is 0 Å². The molecule has 0 radical (unpaired) electrons. The van der Waals surface area contributed by atoms with E-state index in [2.05, 4.69) is 16.0 Å². The molecule has 0 spiro atoms. The van der Waals surface area contributed by atoms with Crippen LogP contribution in [0.15, 0.2) is 42.5 Å². The Kier molecular flexibility index (Phi) is 7.00. The molecular formula is C22H27N3O3. The molecule has 0 atom stereocenters. The first-order chi connectivity index (χ1) is 13.6. The number of benzene rings is 2. The monoisotopic (exact) mass is 381 g/mol. The molecule has 0 aliphatic heterocycles. The van der Waals surface area contributed by atoms with E-state index in [0.717, 1.165) is 42.0 Å². The number of amides is 3. The molecule has 0 bridgehead atoms. The molecule has 1 fully saturated rings. The summed E-state index contributed by atoms with van der Waals surface area (Å²) in [7, 11) is 0. The second-order valence-electron chi connectivity index (χ2n) is 7.21. The first kappa shape index (κ1) is 19.9. The van der Waals surface area contributed by atoms with Gasteiger partial charge in [0, 0.05) is 19.0 Å². The summed E-state index contributed by atoms with van der Waals surface area (Å²) in [5.41, 5.74) is 0.936. The van der Waals surface area contributed by atoms with Crippen molar-refractivity contribution in [2.45, 2.75) is 32.1 Å². The lowest BCUT2D eigenvalue weighted by atomic mass is 10.0. The van der Waals surface area contributed by atoms with Crippen LogP contribution in [0.25, 0.3) is 10.8 Å². The number of nitrogens with one attached hydrogen (secondary N) is 3. The average Bonchev–Trinajstić information content (AvgIpc) is 3.25. The summed E-state index contributed by atoms with van der Waals surface area (Å²) in [4.78, 5) is 35.9. The Morgan fingerprint density at radius 3 is 2.36 bits per heavy atom. The third kappa shape index (κ3) is 5.55. The number of fused-ring (bicyclic) bond motifs is 1. The van der Waals surface area contributed by atoms with Gasteiger partial charge in [-0.3, -0.25) is 14.4 Å². The number of hydrogen-bond acceptors (Lipinski definition) is 3. The zero-order valence-electron chi connectivity index (χ0n) is 16.0. The third-order valence-electron chi connectivity index (χ3n) is 5.15. The van der Waals surface area contributed by atoms with Gasteiger partial charge in [0.2, 0.25) is 17.7 Å². The Hall–Kier alpha value is -2.89. The molecule has 6 nitrogen and oxygen atoms in total. The standard InChI is InChI=1S/C22H27N3O3/c26-20(14-18-10-5-9-16-6-3-4-11-19(16)18)25-15-21(27)23-12-13-24-22(28)17-7-1-2-8-17/h3-6,9-11,17H,1-2,7-8,12-15H2,(H,23,27)(H,24,28)(H,25,26). The number of hydrogen-bond donors (Lipinski definition) is 3. The Bertz CT molecular complexity index is 839. The summed E-state index contributed by atoms with van der Waals surface area (Å²) in [5, 5.41) is 10.3. The van der Waals surface area contributed by atoms with Gasteiger partial charge in [-0.25, -0.2) is 0 Å². The first-order valence-corrected chi connectivity index (χ1v) is 9.91. The van der Waals surface area contributed by atoms with Crippen molar-refractivity contribution in [1.29, 1.82) is 0 Å². The minimum Gasteiger partial charge on any atom is -0.354 e. The van der Waals surface area contributed by atoms with Gasteiger partial charge < -0.3 is 16.0 Å². The van der Waals surface area contributed by atoms with Gasteiger partial charge in [-0.15, -0.1) is 0 Å². The van der Waals surface area contributed by atoms with Crippen LogP contribution in [0.3, 0.4) is 0 Å². The fourth-order valence-electron chi connectivity index (χ4n) is 3.64. The predicted octanol–water partition coefficient (Wildman–Crippen LogP) is 1.92. The second-order valence-corrected chi connectivity index (χ2v) is 7.21. The van der Waals surface area contributed by atoms with Gasteiger partial charge in [0.1, 0.15) is 0 Å². The van der Waals surface area contributed by atoms with E-state index in [1.165, 1.54) is 0 Å². The maximum absolute atomic E-state index is 12.2. The van der Waals surface area contributed by atoms with Crippen molar-refractivity contribution in [2.24, 2.45) is 5.92 Å². The Labute approximate surface area is 165 Å². The lowest BCUT2D eigenvalue weighted by molar-refractivity contribution is -0.126. The molecule has 0 heterocycles. The van der Waals surface area contributed by atoms with Crippen LogP contribution in [0.2, 0.25) is 0 Å². The SMILES string of the molecule is O=C(CNC(=O)Cc1cccc2ccccc12)NCCNC(=O)C1CCCC1. The predicted molar refractivity (Wildman–Crippen MR) is 109 cm³/mol. The summed E-state index contributed by atoms with van der Waals surface area (Å²) in [6.45, 7) is 0.696. The summed E-state index contributed by atoms with van der Waals surface area (Å²) < 4.78 is 0. The van der Waals surface area contributed by atoms with Crippen molar-refractivity contribution in [1.82, 2.24) is 16.0 Å². The zero-order chi connectivity index (χ0) is 19.8. The molecule has 28 heavy (non-hydrogen) atoms. The van der Waals surface area contributed by atoms with Gasteiger partial charge in [-0.2, -0.15) is 0 Å². The van der Waals surface area contributed by atoms with Crippen LogP contribution in [-0.4, -0.2) is 37.4 Å². The quantitative estimate of drug-likeness (QED) is 0.611. The van der Waals surface area contributed by atoms with E-state index < -0.39 is 0 Å². The first-order valence-electron chi connectivity index (χ1n) is 9.91. The van der Waals surface area contributed by atoms with Gasteiger partial charge >= 0.3 is 0 Å². The zero-order valence-corrected chi connectivity index (χ0v) is 16.0. The molecule has 3 amide bonds. The molecule has 1 aliphatic carbocycles. The summed E-state index contributed by atoms with van der Waals surface area (Å²) in [5.74, 6) is -0.248. The van der Waals surface area contributed by atoms with E-state index in [4.69, 9.17) is 0 Å². The third-order valence-corrected chi connectivity index (χ3v) is 5.15. The van der Waals surface area contributed by atoms with E-state index in [-0.39, 0.29) is 36.6 Å².